The number of carbonyl (C=O) groups excluding carboxylic acids is 1. The predicted molar refractivity (Wildman–Crippen MR) is 78.2 cm³/mol. The summed E-state index contributed by atoms with van der Waals surface area (Å²) in [6.45, 7) is 2.76. The van der Waals surface area contributed by atoms with Crippen molar-refractivity contribution in [3.8, 4) is 0 Å². The summed E-state index contributed by atoms with van der Waals surface area (Å²) in [7, 11) is 1.88. The maximum absolute atomic E-state index is 11.5. The normalized spacial score (nSPS) is 9.89. The Hall–Kier alpha value is -1.42. The summed E-state index contributed by atoms with van der Waals surface area (Å²) < 4.78 is 0. The predicted octanol–water partition coefficient (Wildman–Crippen LogP) is 2.71. The molecule has 3 nitrogen and oxygen atoms in total. The second kappa shape index (κ2) is 7.82. The lowest BCUT2D eigenvalue weighted by Crippen LogP contribution is -2.40. The van der Waals surface area contributed by atoms with Crippen molar-refractivity contribution < 1.29 is 4.79 Å². The third-order valence-corrected chi connectivity index (χ3v) is 3.03. The molecule has 98 valence electrons. The highest BCUT2D eigenvalue weighted by molar-refractivity contribution is 7.80. The molecule has 1 rings (SSSR count). The van der Waals surface area contributed by atoms with Crippen LogP contribution in [0.25, 0.3) is 0 Å². The van der Waals surface area contributed by atoms with Gasteiger partial charge < -0.3 is 10.2 Å². The Bertz CT molecular complexity index is 392. The number of hydrogen-bond acceptors (Lipinski definition) is 2. The van der Waals surface area contributed by atoms with Crippen molar-refractivity contribution in [3.63, 3.8) is 0 Å². The molecule has 0 saturated heterocycles. The molecule has 1 aromatic carbocycles. The van der Waals surface area contributed by atoms with Crippen LogP contribution in [0.15, 0.2) is 30.3 Å². The number of unbranched alkanes of at least 4 members (excludes halogenated alkanes) is 1. The first-order chi connectivity index (χ1) is 8.63. The van der Waals surface area contributed by atoms with Gasteiger partial charge in [0.15, 0.2) is 5.11 Å². The van der Waals surface area contributed by atoms with Gasteiger partial charge in [-0.25, -0.2) is 0 Å². The van der Waals surface area contributed by atoms with Crippen LogP contribution in [0.3, 0.4) is 0 Å². The molecular formula is C14H20N2OS. The van der Waals surface area contributed by atoms with Gasteiger partial charge in [-0.3, -0.25) is 4.79 Å². The average Bonchev–Trinajstić information content (AvgIpc) is 2.37. The second-order valence-electron chi connectivity index (χ2n) is 4.30. The Morgan fingerprint density at radius 3 is 2.61 bits per heavy atom. The highest BCUT2D eigenvalue weighted by Crippen LogP contribution is 2.03. The number of thiocarbonyl (C=S) groups is 1. The van der Waals surface area contributed by atoms with E-state index in [0.29, 0.717) is 18.1 Å². The van der Waals surface area contributed by atoms with Gasteiger partial charge in [-0.05, 0) is 24.2 Å². The van der Waals surface area contributed by atoms with Crippen LogP contribution in [0.1, 0.15) is 31.7 Å². The van der Waals surface area contributed by atoms with Crippen LogP contribution in [-0.4, -0.2) is 23.0 Å². The molecule has 1 aromatic rings. The van der Waals surface area contributed by atoms with Crippen LogP contribution in [0, 0.1) is 0 Å². The Balaban J connectivity index is 2.40. The number of rotatable bonds is 5. The van der Waals surface area contributed by atoms with Crippen molar-refractivity contribution in [2.75, 3.05) is 7.05 Å². The molecule has 18 heavy (non-hydrogen) atoms. The van der Waals surface area contributed by atoms with Crippen molar-refractivity contribution in [1.82, 2.24) is 10.2 Å². The quantitative estimate of drug-likeness (QED) is 0.830. The summed E-state index contributed by atoms with van der Waals surface area (Å²) >= 11 is 5.20. The fourth-order valence-corrected chi connectivity index (χ4v) is 1.72. The fraction of sp³-hybridized carbons (Fsp3) is 0.429. The molecular weight excluding hydrogens is 244 g/mol. The Morgan fingerprint density at radius 1 is 1.33 bits per heavy atom. The Morgan fingerprint density at radius 2 is 2.00 bits per heavy atom. The summed E-state index contributed by atoms with van der Waals surface area (Å²) in [5, 5.41) is 3.24. The first-order valence-electron chi connectivity index (χ1n) is 6.22. The third-order valence-electron chi connectivity index (χ3n) is 2.61. The monoisotopic (exact) mass is 264 g/mol. The highest BCUT2D eigenvalue weighted by atomic mass is 32.1. The van der Waals surface area contributed by atoms with Crippen LogP contribution in [0.2, 0.25) is 0 Å². The molecule has 0 aliphatic carbocycles. The summed E-state index contributed by atoms with van der Waals surface area (Å²) in [6, 6.07) is 10.0. The molecule has 0 aliphatic rings. The van der Waals surface area contributed by atoms with Gasteiger partial charge >= 0.3 is 0 Å². The molecule has 0 aromatic heterocycles. The molecule has 0 radical (unpaired) electrons. The van der Waals surface area contributed by atoms with Crippen LogP contribution in [0.5, 0.6) is 0 Å². The van der Waals surface area contributed by atoms with E-state index in [9.17, 15) is 4.79 Å². The molecule has 0 atom stereocenters. The molecule has 0 unspecified atom stereocenters. The summed E-state index contributed by atoms with van der Waals surface area (Å²) in [6.07, 6.45) is 2.45. The zero-order chi connectivity index (χ0) is 13.4. The van der Waals surface area contributed by atoms with Crippen molar-refractivity contribution >= 4 is 23.2 Å². The lowest BCUT2D eigenvalue weighted by Gasteiger charge is -2.20. The number of carbonyl (C=O) groups is 1. The minimum atomic E-state index is 0.00163. The van der Waals surface area contributed by atoms with E-state index in [4.69, 9.17) is 12.2 Å². The smallest absolute Gasteiger partial charge is 0.226 e. The third kappa shape index (κ3) is 5.27. The van der Waals surface area contributed by atoms with Crippen molar-refractivity contribution in [2.45, 2.75) is 32.7 Å². The van der Waals surface area contributed by atoms with Crippen molar-refractivity contribution in [1.29, 1.82) is 0 Å². The zero-order valence-corrected chi connectivity index (χ0v) is 11.8. The summed E-state index contributed by atoms with van der Waals surface area (Å²) in [4.78, 5) is 13.4. The average molecular weight is 264 g/mol. The molecule has 0 saturated carbocycles. The van der Waals surface area contributed by atoms with Gasteiger partial charge in [-0.15, -0.1) is 0 Å². The fourth-order valence-electron chi connectivity index (χ4n) is 1.54. The van der Waals surface area contributed by atoms with Gasteiger partial charge in [0.1, 0.15) is 0 Å². The first-order valence-corrected chi connectivity index (χ1v) is 6.63. The molecule has 4 heteroatoms. The van der Waals surface area contributed by atoms with Crippen molar-refractivity contribution in [2.24, 2.45) is 0 Å². The van der Waals surface area contributed by atoms with Gasteiger partial charge in [0, 0.05) is 20.0 Å². The highest BCUT2D eigenvalue weighted by Gasteiger charge is 2.08. The van der Waals surface area contributed by atoms with Gasteiger partial charge in [0.25, 0.3) is 0 Å². The molecule has 1 amide bonds. The largest absolute Gasteiger partial charge is 0.348 e. The van der Waals surface area contributed by atoms with Crippen molar-refractivity contribution in [3.05, 3.63) is 35.9 Å². The standard InChI is InChI=1S/C14H20N2OS/c1-3-4-10-13(17)15-14(18)16(2)11-12-8-6-5-7-9-12/h5-9H,3-4,10-11H2,1-2H3,(H,15,17,18). The molecule has 0 heterocycles. The number of nitrogens with zero attached hydrogens (tertiary/aromatic N) is 1. The van der Waals surface area contributed by atoms with E-state index in [-0.39, 0.29) is 5.91 Å². The number of amides is 1. The first kappa shape index (κ1) is 14.6. The van der Waals surface area contributed by atoms with Gasteiger partial charge in [0.2, 0.25) is 5.91 Å². The van der Waals surface area contributed by atoms with E-state index >= 15 is 0 Å². The maximum Gasteiger partial charge on any atom is 0.226 e. The molecule has 0 spiro atoms. The zero-order valence-electron chi connectivity index (χ0n) is 11.0. The van der Waals surface area contributed by atoms with E-state index in [1.165, 1.54) is 5.56 Å². The van der Waals surface area contributed by atoms with Gasteiger partial charge in [0.05, 0.1) is 0 Å². The molecule has 1 N–H and O–H groups in total. The van der Waals surface area contributed by atoms with E-state index in [1.54, 1.807) is 0 Å². The minimum absolute atomic E-state index is 0.00163. The maximum atomic E-state index is 11.5. The Labute approximate surface area is 114 Å². The van der Waals surface area contributed by atoms with E-state index < -0.39 is 0 Å². The van der Waals surface area contributed by atoms with E-state index in [2.05, 4.69) is 12.2 Å². The second-order valence-corrected chi connectivity index (χ2v) is 4.69. The number of benzene rings is 1. The topological polar surface area (TPSA) is 32.3 Å². The van der Waals surface area contributed by atoms with Crippen LogP contribution < -0.4 is 5.32 Å². The number of nitrogens with one attached hydrogen (secondary N) is 1. The molecule has 0 aliphatic heterocycles. The van der Waals surface area contributed by atoms with Crippen LogP contribution >= 0.6 is 12.2 Å². The minimum Gasteiger partial charge on any atom is -0.348 e. The SMILES string of the molecule is CCCCC(=O)NC(=S)N(C)Cc1ccccc1. The number of hydrogen-bond donors (Lipinski definition) is 1. The van der Waals surface area contributed by atoms with Gasteiger partial charge in [-0.1, -0.05) is 43.7 Å². The summed E-state index contributed by atoms with van der Waals surface area (Å²) in [5.74, 6) is 0.00163. The summed E-state index contributed by atoms with van der Waals surface area (Å²) in [5.41, 5.74) is 1.17. The van der Waals surface area contributed by atoms with E-state index in [1.807, 2.05) is 42.3 Å². The Kier molecular flexibility index (Phi) is 6.36. The van der Waals surface area contributed by atoms with Crippen LogP contribution in [0.4, 0.5) is 0 Å². The lowest BCUT2D eigenvalue weighted by molar-refractivity contribution is -0.119. The van der Waals surface area contributed by atoms with Gasteiger partial charge in [-0.2, -0.15) is 0 Å². The molecule has 0 fully saturated rings. The lowest BCUT2D eigenvalue weighted by atomic mass is 10.2. The van der Waals surface area contributed by atoms with Crippen LogP contribution in [-0.2, 0) is 11.3 Å². The van der Waals surface area contributed by atoms with E-state index in [0.717, 1.165) is 12.8 Å². The molecule has 0 bridgehead atoms.